The first kappa shape index (κ1) is 26.7. The SMILES string of the molecule is C=CC(=O)O[Si]([Si](OC)(OC)OC)([Si](OC)(OC)OC)[Si](OC)(OC)OC. The van der Waals surface area contributed by atoms with Crippen LogP contribution in [0.4, 0.5) is 0 Å². The van der Waals surface area contributed by atoms with Crippen molar-refractivity contribution in [3.8, 4) is 0 Å². The minimum atomic E-state index is -4.22. The zero-order chi connectivity index (χ0) is 21.4. The Balaban J connectivity index is 7.54. The van der Waals surface area contributed by atoms with E-state index in [0.29, 0.717) is 0 Å². The van der Waals surface area contributed by atoms with Crippen LogP contribution in [0.5, 0.6) is 0 Å². The molecule has 0 aliphatic carbocycles. The molecule has 0 saturated carbocycles. The van der Waals surface area contributed by atoms with E-state index in [4.69, 9.17) is 44.3 Å². The lowest BCUT2D eigenvalue weighted by Crippen LogP contribution is -2.95. The van der Waals surface area contributed by atoms with E-state index >= 15 is 0 Å². The molecule has 0 amide bonds. The zero-order valence-corrected chi connectivity index (χ0v) is 21.3. The Morgan fingerprint density at radius 1 is 0.593 bits per heavy atom. The van der Waals surface area contributed by atoms with E-state index in [1.165, 1.54) is 64.0 Å². The molecular formula is C12H30O11Si4. The minimum Gasteiger partial charge on any atom is -0.501 e. The summed E-state index contributed by atoms with van der Waals surface area (Å²) in [7, 11) is 0.298. The summed E-state index contributed by atoms with van der Waals surface area (Å²) in [6.07, 6.45) is 0.974. The van der Waals surface area contributed by atoms with Gasteiger partial charge in [0.1, 0.15) is 0 Å². The molecule has 0 spiro atoms. The Bertz CT molecular complexity index is 405. The summed E-state index contributed by atoms with van der Waals surface area (Å²) in [5, 5.41) is 0. The van der Waals surface area contributed by atoms with Crippen molar-refractivity contribution in [2.75, 3.05) is 64.0 Å². The molecule has 27 heavy (non-hydrogen) atoms. The fourth-order valence-electron chi connectivity index (χ4n) is 2.99. The van der Waals surface area contributed by atoms with Crippen molar-refractivity contribution in [2.24, 2.45) is 0 Å². The summed E-state index contributed by atoms with van der Waals surface area (Å²) < 4.78 is 57.3. The highest BCUT2D eigenvalue weighted by atomic mass is 30.0. The molecule has 0 rings (SSSR count). The van der Waals surface area contributed by atoms with Crippen LogP contribution >= 0.6 is 0 Å². The molecule has 0 heterocycles. The number of rotatable bonds is 14. The van der Waals surface area contributed by atoms with Gasteiger partial charge in [0.25, 0.3) is 0 Å². The van der Waals surface area contributed by atoms with Crippen molar-refractivity contribution in [3.05, 3.63) is 12.7 Å². The van der Waals surface area contributed by atoms with Crippen molar-refractivity contribution in [1.29, 1.82) is 0 Å². The molecule has 11 nitrogen and oxygen atoms in total. The Labute approximate surface area is 163 Å². The van der Waals surface area contributed by atoms with Gasteiger partial charge in [-0.05, 0) is 0 Å². The maximum atomic E-state index is 12.5. The van der Waals surface area contributed by atoms with Crippen molar-refractivity contribution in [2.45, 2.75) is 0 Å². The van der Waals surface area contributed by atoms with Crippen molar-refractivity contribution in [3.63, 3.8) is 0 Å². The van der Waals surface area contributed by atoms with Gasteiger partial charge in [0.2, 0.25) is 0 Å². The third kappa shape index (κ3) is 3.92. The molecule has 15 heteroatoms. The van der Waals surface area contributed by atoms with E-state index in [1.54, 1.807) is 0 Å². The largest absolute Gasteiger partial charge is 0.529 e. The third-order valence-corrected chi connectivity index (χ3v) is 42.8. The zero-order valence-electron chi connectivity index (χ0n) is 17.3. The minimum absolute atomic E-state index is 0.809. The maximum absolute atomic E-state index is 12.5. The predicted octanol–water partition coefficient (Wildman–Crippen LogP) is -0.469. The quantitative estimate of drug-likeness (QED) is 0.247. The number of hydrogen-bond donors (Lipinski definition) is 0. The second kappa shape index (κ2) is 11.0. The monoisotopic (exact) mass is 462 g/mol. The molecule has 160 valence electrons. The van der Waals surface area contributed by atoms with Crippen LogP contribution in [0.2, 0.25) is 0 Å². The summed E-state index contributed by atoms with van der Waals surface area (Å²) in [6.45, 7) is -0.773. The highest BCUT2D eigenvalue weighted by Crippen LogP contribution is 2.41. The molecule has 0 radical (unpaired) electrons. The molecule has 0 saturated heterocycles. The van der Waals surface area contributed by atoms with Crippen LogP contribution in [-0.2, 0) is 49.1 Å². The molecule has 0 fully saturated rings. The van der Waals surface area contributed by atoms with Crippen LogP contribution in [0.1, 0.15) is 0 Å². The molecule has 0 unspecified atom stereocenters. The van der Waals surface area contributed by atoms with Crippen molar-refractivity contribution < 1.29 is 49.1 Å². The van der Waals surface area contributed by atoms with Crippen LogP contribution < -0.4 is 0 Å². The first-order valence-corrected chi connectivity index (χ1v) is 17.7. The predicted molar refractivity (Wildman–Crippen MR) is 102 cm³/mol. The summed E-state index contributed by atoms with van der Waals surface area (Å²) in [5.74, 6) is -0.809. The van der Waals surface area contributed by atoms with Gasteiger partial charge in [0.15, 0.2) is 0 Å². The second-order valence-electron chi connectivity index (χ2n) is 4.81. The van der Waals surface area contributed by atoms with Gasteiger partial charge in [-0.2, -0.15) is 0 Å². The van der Waals surface area contributed by atoms with Crippen LogP contribution in [0.15, 0.2) is 12.7 Å². The van der Waals surface area contributed by atoms with Crippen molar-refractivity contribution >= 4 is 37.8 Å². The molecule has 0 N–H and O–H groups in total. The highest BCUT2D eigenvalue weighted by Gasteiger charge is 2.96. The Morgan fingerprint density at radius 3 is 0.963 bits per heavy atom. The van der Waals surface area contributed by atoms with Gasteiger partial charge >= 0.3 is 37.8 Å². The lowest BCUT2D eigenvalue weighted by molar-refractivity contribution is -0.130. The number of hydrogen-bond acceptors (Lipinski definition) is 11. The fraction of sp³-hybridized carbons (Fsp3) is 0.750. The lowest BCUT2D eigenvalue weighted by Gasteiger charge is -2.49. The highest BCUT2D eigenvalue weighted by molar-refractivity contribution is 7.81. The number of carbonyl (C=O) groups is 1. The van der Waals surface area contributed by atoms with Crippen LogP contribution in [0.25, 0.3) is 0 Å². The van der Waals surface area contributed by atoms with Crippen LogP contribution in [0.3, 0.4) is 0 Å². The van der Waals surface area contributed by atoms with Crippen molar-refractivity contribution in [1.82, 2.24) is 0 Å². The van der Waals surface area contributed by atoms with Gasteiger partial charge in [-0.25, -0.2) is 4.79 Å². The molecule has 0 atom stereocenters. The Hall–Kier alpha value is -0.282. The lowest BCUT2D eigenvalue weighted by atomic mass is 10.7. The van der Waals surface area contributed by atoms with Gasteiger partial charge in [-0.15, -0.1) is 0 Å². The fourth-order valence-corrected chi connectivity index (χ4v) is 48.8. The van der Waals surface area contributed by atoms with Gasteiger partial charge in [-0.3, -0.25) is 0 Å². The van der Waals surface area contributed by atoms with E-state index in [0.717, 1.165) is 6.08 Å². The van der Waals surface area contributed by atoms with Crippen LogP contribution in [-0.4, -0.2) is 102 Å². The first-order chi connectivity index (χ1) is 12.8. The topological polar surface area (TPSA) is 109 Å². The van der Waals surface area contributed by atoms with Gasteiger partial charge in [0.05, 0.1) is 0 Å². The molecular weight excluding hydrogens is 432 g/mol. The van der Waals surface area contributed by atoms with Gasteiger partial charge < -0.3 is 44.3 Å². The van der Waals surface area contributed by atoms with Crippen LogP contribution in [0, 0.1) is 0 Å². The summed E-state index contributed by atoms with van der Waals surface area (Å²) in [4.78, 5) is 12.5. The molecule has 0 aromatic carbocycles. The average molecular weight is 463 g/mol. The second-order valence-corrected chi connectivity index (χ2v) is 29.7. The average Bonchev–Trinajstić information content (AvgIpc) is 2.72. The summed E-state index contributed by atoms with van der Waals surface area (Å²) in [5.41, 5.74) is 0. The van der Waals surface area contributed by atoms with Gasteiger partial charge in [-0.1, -0.05) is 6.58 Å². The summed E-state index contributed by atoms with van der Waals surface area (Å²) in [6, 6.07) is 0. The van der Waals surface area contributed by atoms with E-state index in [-0.39, 0.29) is 0 Å². The Kier molecular flexibility index (Phi) is 10.9. The smallest absolute Gasteiger partial charge is 0.501 e. The molecule has 0 bridgehead atoms. The molecule has 0 aliphatic rings. The third-order valence-electron chi connectivity index (χ3n) is 4.13. The molecule has 0 aliphatic heterocycles. The Morgan fingerprint density at radius 2 is 0.815 bits per heavy atom. The van der Waals surface area contributed by atoms with E-state index < -0.39 is 37.8 Å². The van der Waals surface area contributed by atoms with E-state index in [2.05, 4.69) is 6.58 Å². The molecule has 0 aromatic heterocycles. The van der Waals surface area contributed by atoms with E-state index in [1.807, 2.05) is 0 Å². The standard InChI is InChI=1S/C12H30O11Si4/c1-11-12(13)23-27(24(14-2,15-3)16-4,25(17-5,18-6)19-7)26(20-8,21-9)22-10/h11H,1H2,2-10H3. The number of carbonyl (C=O) groups excluding carboxylic acids is 1. The van der Waals surface area contributed by atoms with Gasteiger partial charge in [0, 0.05) is 70.1 Å². The van der Waals surface area contributed by atoms with E-state index in [9.17, 15) is 4.79 Å². The maximum Gasteiger partial charge on any atom is 0.529 e. The normalized spacial score (nSPS) is 13.5. The first-order valence-electron chi connectivity index (χ1n) is 7.57. The molecule has 0 aromatic rings. The summed E-state index contributed by atoms with van der Waals surface area (Å²) >= 11 is 0.